The van der Waals surface area contributed by atoms with Crippen LogP contribution in [0, 0.1) is 0 Å². The van der Waals surface area contributed by atoms with E-state index in [0.29, 0.717) is 22.0 Å². The molecule has 4 nitrogen and oxygen atoms in total. The van der Waals surface area contributed by atoms with Crippen LogP contribution in [-0.4, -0.2) is 17.3 Å². The van der Waals surface area contributed by atoms with E-state index >= 15 is 0 Å². The standard InChI is InChI=1S/C16H12Cl3NO3/c1-9(15(19)21)23-11-7-5-10(6-8-11)16(22)20-13-4-2-3-12(17)14(13)18/h2-9H,1H3,(H,20,22). The van der Waals surface area contributed by atoms with E-state index in [1.54, 1.807) is 42.5 Å². The van der Waals surface area contributed by atoms with Crippen molar-refractivity contribution in [2.75, 3.05) is 5.32 Å². The first kappa shape index (κ1) is 17.6. The zero-order valence-electron chi connectivity index (χ0n) is 12.0. The predicted octanol–water partition coefficient (Wildman–Crippen LogP) is 4.78. The lowest BCUT2D eigenvalue weighted by molar-refractivity contribution is -0.117. The fourth-order valence-electron chi connectivity index (χ4n) is 1.73. The molecule has 1 N–H and O–H groups in total. The first-order valence-corrected chi connectivity index (χ1v) is 7.73. The number of carbonyl (C=O) groups is 2. The Kier molecular flexibility index (Phi) is 5.88. The summed E-state index contributed by atoms with van der Waals surface area (Å²) in [6.07, 6.45) is -0.762. The average molecular weight is 373 g/mol. The van der Waals surface area contributed by atoms with Crippen LogP contribution >= 0.6 is 34.8 Å². The largest absolute Gasteiger partial charge is 0.482 e. The SMILES string of the molecule is CC(Oc1ccc(C(=O)Nc2cccc(Cl)c2Cl)cc1)C(=O)Cl. The maximum atomic E-state index is 12.2. The van der Waals surface area contributed by atoms with Gasteiger partial charge in [0.15, 0.2) is 6.10 Å². The molecule has 7 heteroatoms. The van der Waals surface area contributed by atoms with Gasteiger partial charge in [0.2, 0.25) is 0 Å². The van der Waals surface area contributed by atoms with Crippen molar-refractivity contribution < 1.29 is 14.3 Å². The van der Waals surface area contributed by atoms with E-state index in [1.807, 2.05) is 0 Å². The lowest BCUT2D eigenvalue weighted by Crippen LogP contribution is -2.19. The Morgan fingerprint density at radius 2 is 1.74 bits per heavy atom. The summed E-state index contributed by atoms with van der Waals surface area (Å²) >= 11 is 17.3. The van der Waals surface area contributed by atoms with Gasteiger partial charge in [-0.15, -0.1) is 0 Å². The van der Waals surface area contributed by atoms with Gasteiger partial charge in [-0.3, -0.25) is 9.59 Å². The van der Waals surface area contributed by atoms with Crippen LogP contribution in [0.5, 0.6) is 5.75 Å². The Balaban J connectivity index is 2.08. The number of benzene rings is 2. The molecule has 0 fully saturated rings. The van der Waals surface area contributed by atoms with Gasteiger partial charge >= 0.3 is 0 Å². The first-order valence-electron chi connectivity index (χ1n) is 6.60. The van der Waals surface area contributed by atoms with Crippen LogP contribution in [0.4, 0.5) is 5.69 Å². The highest BCUT2D eigenvalue weighted by molar-refractivity contribution is 6.64. The lowest BCUT2D eigenvalue weighted by Gasteiger charge is -2.11. The number of rotatable bonds is 5. The van der Waals surface area contributed by atoms with E-state index in [4.69, 9.17) is 39.5 Å². The summed E-state index contributed by atoms with van der Waals surface area (Å²) in [5.74, 6) is 0.0889. The summed E-state index contributed by atoms with van der Waals surface area (Å²) in [4.78, 5) is 23.1. The van der Waals surface area contributed by atoms with Crippen molar-refractivity contribution in [3.8, 4) is 5.75 Å². The molecule has 0 saturated heterocycles. The third kappa shape index (κ3) is 4.61. The molecule has 0 aliphatic heterocycles. The van der Waals surface area contributed by atoms with E-state index in [0.717, 1.165) is 0 Å². The second-order valence-corrected chi connectivity index (χ2v) is 5.80. The van der Waals surface area contributed by atoms with E-state index in [1.165, 1.54) is 6.92 Å². The summed E-state index contributed by atoms with van der Waals surface area (Å²) in [5, 5.41) is 2.71. The van der Waals surface area contributed by atoms with Crippen molar-refractivity contribution in [2.45, 2.75) is 13.0 Å². The summed E-state index contributed by atoms with van der Waals surface area (Å²) in [7, 11) is 0. The van der Waals surface area contributed by atoms with Gasteiger partial charge < -0.3 is 10.1 Å². The Bertz CT molecular complexity index is 732. The number of nitrogens with one attached hydrogen (secondary N) is 1. The molecule has 0 aliphatic rings. The topological polar surface area (TPSA) is 55.4 Å². The molecule has 1 unspecified atom stereocenters. The zero-order chi connectivity index (χ0) is 17.0. The van der Waals surface area contributed by atoms with Gasteiger partial charge in [-0.1, -0.05) is 29.3 Å². The van der Waals surface area contributed by atoms with Gasteiger partial charge in [0.25, 0.3) is 11.1 Å². The van der Waals surface area contributed by atoms with Gasteiger partial charge in [-0.2, -0.15) is 0 Å². The molecule has 0 saturated carbocycles. The van der Waals surface area contributed by atoms with E-state index in [-0.39, 0.29) is 10.9 Å². The van der Waals surface area contributed by atoms with E-state index in [2.05, 4.69) is 5.32 Å². The smallest absolute Gasteiger partial charge is 0.262 e. The van der Waals surface area contributed by atoms with Crippen molar-refractivity contribution in [1.29, 1.82) is 0 Å². The molecule has 23 heavy (non-hydrogen) atoms. The Labute approximate surface area is 148 Å². The molecule has 120 valence electrons. The fourth-order valence-corrected chi connectivity index (χ4v) is 2.12. The Morgan fingerprint density at radius 1 is 1.09 bits per heavy atom. The number of amides is 1. The normalized spacial score (nSPS) is 11.7. The maximum absolute atomic E-state index is 12.2. The number of ether oxygens (including phenoxy) is 1. The third-order valence-electron chi connectivity index (χ3n) is 2.95. The lowest BCUT2D eigenvalue weighted by atomic mass is 10.2. The third-order valence-corrected chi connectivity index (χ3v) is 4.07. The Morgan fingerprint density at radius 3 is 2.35 bits per heavy atom. The van der Waals surface area contributed by atoms with Crippen LogP contribution in [0.2, 0.25) is 10.0 Å². The van der Waals surface area contributed by atoms with Crippen molar-refractivity contribution in [3.05, 3.63) is 58.1 Å². The Hall–Kier alpha value is -1.75. The van der Waals surface area contributed by atoms with Crippen LogP contribution in [0.1, 0.15) is 17.3 Å². The molecule has 1 amide bonds. The van der Waals surface area contributed by atoms with Crippen molar-refractivity contribution >= 4 is 51.6 Å². The van der Waals surface area contributed by atoms with Crippen molar-refractivity contribution in [2.24, 2.45) is 0 Å². The van der Waals surface area contributed by atoms with Crippen molar-refractivity contribution in [1.82, 2.24) is 0 Å². The molecule has 2 rings (SSSR count). The molecule has 0 bridgehead atoms. The number of anilines is 1. The summed E-state index contributed by atoms with van der Waals surface area (Å²) < 4.78 is 5.31. The average Bonchev–Trinajstić information content (AvgIpc) is 2.52. The molecule has 0 heterocycles. The summed E-state index contributed by atoms with van der Waals surface area (Å²) in [5.41, 5.74) is 0.823. The number of hydrogen-bond acceptors (Lipinski definition) is 3. The number of hydrogen-bond donors (Lipinski definition) is 1. The summed E-state index contributed by atoms with van der Waals surface area (Å²) in [6.45, 7) is 1.54. The summed E-state index contributed by atoms with van der Waals surface area (Å²) in [6, 6.07) is 11.2. The monoisotopic (exact) mass is 371 g/mol. The molecular formula is C16H12Cl3NO3. The van der Waals surface area contributed by atoms with Crippen LogP contribution in [0.15, 0.2) is 42.5 Å². The molecule has 0 spiro atoms. The highest BCUT2D eigenvalue weighted by Crippen LogP contribution is 2.29. The van der Waals surface area contributed by atoms with Gasteiger partial charge in [-0.25, -0.2) is 0 Å². The molecule has 0 aromatic heterocycles. The van der Waals surface area contributed by atoms with Gasteiger partial charge in [-0.05, 0) is 54.9 Å². The molecule has 0 aliphatic carbocycles. The van der Waals surface area contributed by atoms with Crippen LogP contribution in [0.3, 0.4) is 0 Å². The second-order valence-electron chi connectivity index (χ2n) is 4.64. The maximum Gasteiger partial charge on any atom is 0.262 e. The number of halogens is 3. The fraction of sp³-hybridized carbons (Fsp3) is 0.125. The van der Waals surface area contributed by atoms with Gasteiger partial charge in [0.05, 0.1) is 15.7 Å². The van der Waals surface area contributed by atoms with Crippen LogP contribution in [-0.2, 0) is 4.79 Å². The second kappa shape index (κ2) is 7.68. The van der Waals surface area contributed by atoms with E-state index < -0.39 is 11.3 Å². The minimum Gasteiger partial charge on any atom is -0.482 e. The van der Waals surface area contributed by atoms with Crippen LogP contribution in [0.25, 0.3) is 0 Å². The zero-order valence-corrected chi connectivity index (χ0v) is 14.2. The predicted molar refractivity (Wildman–Crippen MR) is 91.8 cm³/mol. The minimum absolute atomic E-state index is 0.275. The van der Waals surface area contributed by atoms with E-state index in [9.17, 15) is 9.59 Å². The molecule has 2 aromatic carbocycles. The highest BCUT2D eigenvalue weighted by Gasteiger charge is 2.13. The minimum atomic E-state index is -0.762. The van der Waals surface area contributed by atoms with Crippen molar-refractivity contribution in [3.63, 3.8) is 0 Å². The number of carbonyl (C=O) groups excluding carboxylic acids is 2. The molecule has 1 atom stereocenters. The van der Waals surface area contributed by atoms with Gasteiger partial charge in [0, 0.05) is 5.56 Å². The van der Waals surface area contributed by atoms with Crippen LogP contribution < -0.4 is 10.1 Å². The molecule has 2 aromatic rings. The molecular weight excluding hydrogens is 361 g/mol. The van der Waals surface area contributed by atoms with Gasteiger partial charge in [0.1, 0.15) is 5.75 Å². The first-order chi connectivity index (χ1) is 10.9. The molecule has 0 radical (unpaired) electrons. The quantitative estimate of drug-likeness (QED) is 0.769. The highest BCUT2D eigenvalue weighted by atomic mass is 35.5.